The molecule has 1 aromatic rings. The number of nitrogens with one attached hydrogen (secondary N) is 1. The minimum Gasteiger partial charge on any atom is -0.377 e. The van der Waals surface area contributed by atoms with Gasteiger partial charge in [0.25, 0.3) is 0 Å². The molecule has 0 aromatic carbocycles. The predicted octanol–water partition coefficient (Wildman–Crippen LogP) is 0.798. The molecule has 7 heteroatoms. The van der Waals surface area contributed by atoms with Crippen molar-refractivity contribution in [1.29, 1.82) is 0 Å². The summed E-state index contributed by atoms with van der Waals surface area (Å²) in [5.41, 5.74) is 3.66. The summed E-state index contributed by atoms with van der Waals surface area (Å²) < 4.78 is 11.0. The van der Waals surface area contributed by atoms with E-state index in [1.54, 1.807) is 14.2 Å². The molecule has 2 heterocycles. The van der Waals surface area contributed by atoms with E-state index in [2.05, 4.69) is 15.3 Å². The summed E-state index contributed by atoms with van der Waals surface area (Å²) in [4.78, 5) is 11.5. The van der Waals surface area contributed by atoms with Gasteiger partial charge in [0.1, 0.15) is 29.7 Å². The zero-order chi connectivity index (χ0) is 15.0. The molecule has 0 bridgehead atoms. The molecule has 21 heavy (non-hydrogen) atoms. The number of hydrazine groups is 1. The number of nitrogen functional groups attached to an aromatic ring is 1. The van der Waals surface area contributed by atoms with Crippen LogP contribution in [0.15, 0.2) is 0 Å². The van der Waals surface area contributed by atoms with Crippen molar-refractivity contribution in [3.8, 4) is 0 Å². The van der Waals surface area contributed by atoms with Gasteiger partial charge in [-0.2, -0.15) is 0 Å². The van der Waals surface area contributed by atoms with E-state index in [0.29, 0.717) is 11.7 Å². The molecule has 1 saturated carbocycles. The number of anilines is 2. The molecule has 116 valence electrons. The standard InChI is InChI=1S/C14H23N5O2/c1-8-12(18-15)16-13(9-4-5-9)17-14(8)19-6-10(20-2)11(7-19)21-3/h9-11H,4-7,15H2,1-3H3,(H,16,17,18). The molecule has 3 rings (SSSR count). The van der Waals surface area contributed by atoms with Crippen LogP contribution < -0.4 is 16.2 Å². The van der Waals surface area contributed by atoms with E-state index in [-0.39, 0.29) is 12.2 Å². The maximum absolute atomic E-state index is 5.61. The van der Waals surface area contributed by atoms with Gasteiger partial charge in [-0.25, -0.2) is 15.8 Å². The Balaban J connectivity index is 1.92. The molecule has 1 aliphatic carbocycles. The Hall–Kier alpha value is -1.44. The molecular formula is C14H23N5O2. The minimum absolute atomic E-state index is 0.0584. The Labute approximate surface area is 124 Å². The van der Waals surface area contributed by atoms with E-state index in [1.165, 1.54) is 0 Å². The van der Waals surface area contributed by atoms with Crippen LogP contribution in [0.4, 0.5) is 11.6 Å². The maximum atomic E-state index is 5.61. The molecule has 7 nitrogen and oxygen atoms in total. The third-order valence-electron chi connectivity index (χ3n) is 4.34. The Kier molecular flexibility index (Phi) is 3.97. The van der Waals surface area contributed by atoms with Gasteiger partial charge in [0, 0.05) is 38.8 Å². The zero-order valence-corrected chi connectivity index (χ0v) is 12.8. The molecule has 0 amide bonds. The van der Waals surface area contributed by atoms with E-state index in [1.807, 2.05) is 6.92 Å². The van der Waals surface area contributed by atoms with Crippen molar-refractivity contribution in [1.82, 2.24) is 9.97 Å². The van der Waals surface area contributed by atoms with Crippen molar-refractivity contribution < 1.29 is 9.47 Å². The van der Waals surface area contributed by atoms with Crippen LogP contribution in [0.3, 0.4) is 0 Å². The maximum Gasteiger partial charge on any atom is 0.148 e. The van der Waals surface area contributed by atoms with Gasteiger partial charge < -0.3 is 19.8 Å². The van der Waals surface area contributed by atoms with Crippen molar-refractivity contribution in [2.75, 3.05) is 37.6 Å². The quantitative estimate of drug-likeness (QED) is 0.613. The van der Waals surface area contributed by atoms with Crippen molar-refractivity contribution in [3.05, 3.63) is 11.4 Å². The summed E-state index contributed by atoms with van der Waals surface area (Å²) >= 11 is 0. The lowest BCUT2D eigenvalue weighted by Gasteiger charge is -2.21. The molecule has 0 spiro atoms. The largest absolute Gasteiger partial charge is 0.377 e. The lowest BCUT2D eigenvalue weighted by Crippen LogP contribution is -2.27. The van der Waals surface area contributed by atoms with E-state index in [9.17, 15) is 0 Å². The van der Waals surface area contributed by atoms with Crippen LogP contribution in [-0.4, -0.2) is 49.5 Å². The summed E-state index contributed by atoms with van der Waals surface area (Å²) in [5.74, 6) is 8.61. The van der Waals surface area contributed by atoms with E-state index in [4.69, 9.17) is 20.3 Å². The molecule has 0 radical (unpaired) electrons. The summed E-state index contributed by atoms with van der Waals surface area (Å²) in [6.07, 6.45) is 2.44. The number of hydrogen-bond acceptors (Lipinski definition) is 7. The Bertz CT molecular complexity index is 508. The van der Waals surface area contributed by atoms with Gasteiger partial charge in [0.15, 0.2) is 0 Å². The molecule has 1 saturated heterocycles. The lowest BCUT2D eigenvalue weighted by atomic mass is 10.2. The molecule has 1 aromatic heterocycles. The van der Waals surface area contributed by atoms with Crippen molar-refractivity contribution in [3.63, 3.8) is 0 Å². The number of ether oxygens (including phenoxy) is 2. The van der Waals surface area contributed by atoms with Gasteiger partial charge in [-0.3, -0.25) is 0 Å². The van der Waals surface area contributed by atoms with Gasteiger partial charge in [0.2, 0.25) is 0 Å². The third kappa shape index (κ3) is 2.68. The van der Waals surface area contributed by atoms with Crippen LogP contribution in [0, 0.1) is 6.92 Å². The van der Waals surface area contributed by atoms with Crippen molar-refractivity contribution >= 4 is 11.6 Å². The van der Waals surface area contributed by atoms with Crippen LogP contribution in [0.25, 0.3) is 0 Å². The monoisotopic (exact) mass is 293 g/mol. The highest BCUT2D eigenvalue weighted by Gasteiger charge is 2.36. The van der Waals surface area contributed by atoms with Gasteiger partial charge in [-0.05, 0) is 19.8 Å². The van der Waals surface area contributed by atoms with Crippen LogP contribution in [0.1, 0.15) is 30.1 Å². The minimum atomic E-state index is 0.0584. The molecule has 2 aliphatic rings. The van der Waals surface area contributed by atoms with Gasteiger partial charge in [0.05, 0.1) is 0 Å². The molecule has 3 N–H and O–H groups in total. The van der Waals surface area contributed by atoms with Crippen LogP contribution in [-0.2, 0) is 9.47 Å². The first-order valence-electron chi connectivity index (χ1n) is 7.33. The van der Waals surface area contributed by atoms with Crippen LogP contribution in [0.2, 0.25) is 0 Å². The van der Waals surface area contributed by atoms with E-state index < -0.39 is 0 Å². The summed E-state index contributed by atoms with van der Waals surface area (Å²) in [6, 6.07) is 0. The van der Waals surface area contributed by atoms with E-state index >= 15 is 0 Å². The highest BCUT2D eigenvalue weighted by molar-refractivity contribution is 5.59. The fourth-order valence-electron chi connectivity index (χ4n) is 2.86. The Morgan fingerprint density at radius 1 is 1.14 bits per heavy atom. The SMILES string of the molecule is COC1CN(c2nc(C3CC3)nc(NN)c2C)CC1OC. The predicted molar refractivity (Wildman–Crippen MR) is 80.4 cm³/mol. The number of methoxy groups -OCH3 is 2. The third-order valence-corrected chi connectivity index (χ3v) is 4.34. The first-order valence-corrected chi connectivity index (χ1v) is 7.33. The fourth-order valence-corrected chi connectivity index (χ4v) is 2.86. The number of nitrogens with two attached hydrogens (primary N) is 1. The van der Waals surface area contributed by atoms with Crippen LogP contribution in [0.5, 0.6) is 0 Å². The topological polar surface area (TPSA) is 85.5 Å². The average molecular weight is 293 g/mol. The van der Waals surface area contributed by atoms with Crippen molar-refractivity contribution in [2.45, 2.75) is 37.9 Å². The summed E-state index contributed by atoms with van der Waals surface area (Å²) in [7, 11) is 3.44. The lowest BCUT2D eigenvalue weighted by molar-refractivity contribution is -0.00461. The van der Waals surface area contributed by atoms with E-state index in [0.717, 1.165) is 43.1 Å². The highest BCUT2D eigenvalue weighted by atomic mass is 16.5. The number of aromatic nitrogens is 2. The van der Waals surface area contributed by atoms with Gasteiger partial charge in [-0.1, -0.05) is 0 Å². The highest BCUT2D eigenvalue weighted by Crippen LogP contribution is 2.40. The number of hydrogen-bond donors (Lipinski definition) is 2. The molecule has 2 fully saturated rings. The number of nitrogens with zero attached hydrogens (tertiary/aromatic N) is 3. The average Bonchev–Trinajstić information content (AvgIpc) is 3.26. The van der Waals surface area contributed by atoms with Crippen LogP contribution >= 0.6 is 0 Å². The normalized spacial score (nSPS) is 25.4. The molecule has 1 aliphatic heterocycles. The smallest absolute Gasteiger partial charge is 0.148 e. The second-order valence-corrected chi connectivity index (χ2v) is 5.75. The summed E-state index contributed by atoms with van der Waals surface area (Å²) in [6.45, 7) is 3.52. The molecular weight excluding hydrogens is 270 g/mol. The second kappa shape index (κ2) is 5.75. The zero-order valence-electron chi connectivity index (χ0n) is 12.8. The number of rotatable bonds is 5. The Morgan fingerprint density at radius 3 is 2.24 bits per heavy atom. The molecule has 2 atom stereocenters. The summed E-state index contributed by atoms with van der Waals surface area (Å²) in [5, 5.41) is 0. The fraction of sp³-hybridized carbons (Fsp3) is 0.714. The van der Waals surface area contributed by atoms with Gasteiger partial charge >= 0.3 is 0 Å². The molecule has 2 unspecified atom stereocenters. The van der Waals surface area contributed by atoms with Gasteiger partial charge in [-0.15, -0.1) is 0 Å². The first kappa shape index (κ1) is 14.5. The van der Waals surface area contributed by atoms with Crippen molar-refractivity contribution in [2.24, 2.45) is 5.84 Å². The Morgan fingerprint density at radius 2 is 1.76 bits per heavy atom. The second-order valence-electron chi connectivity index (χ2n) is 5.75. The first-order chi connectivity index (χ1) is 10.2.